The summed E-state index contributed by atoms with van der Waals surface area (Å²) in [5, 5.41) is 6.48. The molecule has 0 spiro atoms. The van der Waals surface area contributed by atoms with Crippen molar-refractivity contribution in [3.63, 3.8) is 0 Å². The summed E-state index contributed by atoms with van der Waals surface area (Å²) in [7, 11) is 0. The first-order valence-corrected chi connectivity index (χ1v) is 7.54. The van der Waals surface area contributed by atoms with Gasteiger partial charge in [0.25, 0.3) is 0 Å². The molecule has 0 saturated carbocycles. The first-order chi connectivity index (χ1) is 9.79. The fourth-order valence-corrected chi connectivity index (χ4v) is 3.14. The highest BCUT2D eigenvalue weighted by molar-refractivity contribution is 5.92. The van der Waals surface area contributed by atoms with E-state index < -0.39 is 0 Å². The van der Waals surface area contributed by atoms with E-state index in [1.54, 1.807) is 0 Å². The molecule has 1 amide bonds. The summed E-state index contributed by atoms with van der Waals surface area (Å²) >= 11 is 0. The van der Waals surface area contributed by atoms with Crippen molar-refractivity contribution in [2.24, 2.45) is 0 Å². The lowest BCUT2D eigenvalue weighted by atomic mass is 9.96. The smallest absolute Gasteiger partial charge is 0.224 e. The standard InChI is InChI=1S/C15H22N4O/c1-2-3-14(20)18-13-6-7-17-15-12(13)5-4-11-10-16-8-9-19(11)15/h6-7,11,16H,2-5,8-10H2,1H3,(H,17,18,20)/t11-/m1/s1. The third-order valence-electron chi connectivity index (χ3n) is 4.13. The van der Waals surface area contributed by atoms with Crippen LogP contribution >= 0.6 is 0 Å². The summed E-state index contributed by atoms with van der Waals surface area (Å²) in [6.07, 6.45) is 5.38. The van der Waals surface area contributed by atoms with Gasteiger partial charge in [-0.25, -0.2) is 4.98 Å². The molecule has 0 radical (unpaired) electrons. The Morgan fingerprint density at radius 3 is 3.35 bits per heavy atom. The molecule has 20 heavy (non-hydrogen) atoms. The molecule has 1 fully saturated rings. The average Bonchev–Trinajstić information content (AvgIpc) is 2.47. The number of amides is 1. The Labute approximate surface area is 119 Å². The Kier molecular flexibility index (Phi) is 3.87. The third kappa shape index (κ3) is 2.50. The molecule has 2 N–H and O–H groups in total. The van der Waals surface area contributed by atoms with Gasteiger partial charge in [-0.2, -0.15) is 0 Å². The number of hydrogen-bond donors (Lipinski definition) is 2. The number of hydrogen-bond acceptors (Lipinski definition) is 4. The minimum atomic E-state index is 0.100. The Balaban J connectivity index is 1.86. The zero-order valence-corrected chi connectivity index (χ0v) is 12.0. The number of anilines is 2. The van der Waals surface area contributed by atoms with Crippen LogP contribution in [0.2, 0.25) is 0 Å². The molecule has 0 aliphatic carbocycles. The molecular formula is C15H22N4O. The number of pyridine rings is 1. The van der Waals surface area contributed by atoms with Crippen molar-refractivity contribution in [2.45, 2.75) is 38.6 Å². The average molecular weight is 274 g/mol. The van der Waals surface area contributed by atoms with Crippen LogP contribution in [0.25, 0.3) is 0 Å². The van der Waals surface area contributed by atoms with Crippen LogP contribution in [0, 0.1) is 0 Å². The number of rotatable bonds is 3. The maximum atomic E-state index is 11.8. The van der Waals surface area contributed by atoms with Crippen LogP contribution in [0.4, 0.5) is 11.5 Å². The summed E-state index contributed by atoms with van der Waals surface area (Å²) in [5.74, 6) is 1.17. The van der Waals surface area contributed by atoms with Crippen LogP contribution in [0.5, 0.6) is 0 Å². The summed E-state index contributed by atoms with van der Waals surface area (Å²) in [4.78, 5) is 18.8. The van der Waals surface area contributed by atoms with Crippen molar-refractivity contribution in [1.82, 2.24) is 10.3 Å². The lowest BCUT2D eigenvalue weighted by molar-refractivity contribution is -0.116. The van der Waals surface area contributed by atoms with Crippen LogP contribution in [0.1, 0.15) is 31.7 Å². The quantitative estimate of drug-likeness (QED) is 0.878. The number of nitrogens with zero attached hydrogens (tertiary/aromatic N) is 2. The van der Waals surface area contributed by atoms with E-state index in [0.717, 1.165) is 50.4 Å². The van der Waals surface area contributed by atoms with E-state index >= 15 is 0 Å². The van der Waals surface area contributed by atoms with Gasteiger partial charge in [-0.05, 0) is 25.3 Å². The van der Waals surface area contributed by atoms with Crippen molar-refractivity contribution >= 4 is 17.4 Å². The van der Waals surface area contributed by atoms with Crippen LogP contribution in [-0.4, -0.2) is 36.6 Å². The van der Waals surface area contributed by atoms with E-state index in [-0.39, 0.29) is 5.91 Å². The van der Waals surface area contributed by atoms with Gasteiger partial charge in [0.05, 0.1) is 0 Å². The minimum absolute atomic E-state index is 0.100. The second kappa shape index (κ2) is 5.79. The highest BCUT2D eigenvalue weighted by Crippen LogP contribution is 2.34. The summed E-state index contributed by atoms with van der Waals surface area (Å²) < 4.78 is 0. The largest absolute Gasteiger partial charge is 0.351 e. The third-order valence-corrected chi connectivity index (χ3v) is 4.13. The summed E-state index contributed by atoms with van der Waals surface area (Å²) in [6, 6.07) is 2.47. The highest BCUT2D eigenvalue weighted by Gasteiger charge is 2.30. The maximum Gasteiger partial charge on any atom is 0.224 e. The number of fused-ring (bicyclic) bond motifs is 3. The Morgan fingerprint density at radius 2 is 2.50 bits per heavy atom. The van der Waals surface area contributed by atoms with Gasteiger partial charge in [0.15, 0.2) is 0 Å². The van der Waals surface area contributed by atoms with Crippen molar-refractivity contribution < 1.29 is 4.79 Å². The molecule has 1 saturated heterocycles. The Bertz CT molecular complexity index is 503. The Hall–Kier alpha value is -1.62. The van der Waals surface area contributed by atoms with Gasteiger partial charge in [0, 0.05) is 49.5 Å². The van der Waals surface area contributed by atoms with Crippen LogP contribution in [0.15, 0.2) is 12.3 Å². The van der Waals surface area contributed by atoms with E-state index in [9.17, 15) is 4.79 Å². The van der Waals surface area contributed by atoms with E-state index in [4.69, 9.17) is 0 Å². The molecular weight excluding hydrogens is 252 g/mol. The van der Waals surface area contributed by atoms with Crippen LogP contribution < -0.4 is 15.5 Å². The molecule has 108 valence electrons. The molecule has 2 aliphatic rings. The molecule has 1 aromatic rings. The fraction of sp³-hybridized carbons (Fsp3) is 0.600. The van der Waals surface area contributed by atoms with E-state index in [2.05, 4.69) is 20.5 Å². The Morgan fingerprint density at radius 1 is 1.60 bits per heavy atom. The highest BCUT2D eigenvalue weighted by atomic mass is 16.1. The van der Waals surface area contributed by atoms with Crippen molar-refractivity contribution in [1.29, 1.82) is 0 Å². The lowest BCUT2D eigenvalue weighted by Gasteiger charge is -2.41. The van der Waals surface area contributed by atoms with Crippen LogP contribution in [-0.2, 0) is 11.2 Å². The van der Waals surface area contributed by atoms with Crippen molar-refractivity contribution in [2.75, 3.05) is 29.9 Å². The molecule has 0 bridgehead atoms. The summed E-state index contributed by atoms with van der Waals surface area (Å²) in [5.41, 5.74) is 2.15. The zero-order valence-electron chi connectivity index (χ0n) is 12.0. The number of nitrogens with one attached hydrogen (secondary N) is 2. The summed E-state index contributed by atoms with van der Waals surface area (Å²) in [6.45, 7) is 5.06. The van der Waals surface area contributed by atoms with Gasteiger partial charge in [-0.3, -0.25) is 4.79 Å². The molecule has 1 atom stereocenters. The molecule has 3 heterocycles. The molecule has 1 aromatic heterocycles. The van der Waals surface area contributed by atoms with Crippen molar-refractivity contribution in [3.8, 4) is 0 Å². The molecule has 2 aliphatic heterocycles. The van der Waals surface area contributed by atoms with Gasteiger partial charge < -0.3 is 15.5 Å². The van der Waals surface area contributed by atoms with Gasteiger partial charge >= 0.3 is 0 Å². The topological polar surface area (TPSA) is 57.3 Å². The predicted molar refractivity (Wildman–Crippen MR) is 80.1 cm³/mol. The number of carbonyl (C=O) groups is 1. The first-order valence-electron chi connectivity index (χ1n) is 7.54. The molecule has 0 aromatic carbocycles. The maximum absolute atomic E-state index is 11.8. The monoisotopic (exact) mass is 274 g/mol. The fourth-order valence-electron chi connectivity index (χ4n) is 3.14. The lowest BCUT2D eigenvalue weighted by Crippen LogP contribution is -2.53. The van der Waals surface area contributed by atoms with Gasteiger partial charge in [0.1, 0.15) is 5.82 Å². The molecule has 0 unspecified atom stereocenters. The number of piperazine rings is 1. The normalized spacial score (nSPS) is 21.1. The van der Waals surface area contributed by atoms with E-state index in [0.29, 0.717) is 12.5 Å². The molecule has 3 rings (SSSR count). The zero-order chi connectivity index (χ0) is 13.9. The number of carbonyl (C=O) groups excluding carboxylic acids is 1. The van der Waals surface area contributed by atoms with E-state index in [1.807, 2.05) is 19.2 Å². The second-order valence-corrected chi connectivity index (χ2v) is 5.55. The first kappa shape index (κ1) is 13.4. The van der Waals surface area contributed by atoms with E-state index in [1.165, 1.54) is 5.56 Å². The van der Waals surface area contributed by atoms with Gasteiger partial charge in [-0.15, -0.1) is 0 Å². The van der Waals surface area contributed by atoms with Gasteiger partial charge in [-0.1, -0.05) is 6.92 Å². The predicted octanol–water partition coefficient (Wildman–Crippen LogP) is 1.54. The van der Waals surface area contributed by atoms with Crippen molar-refractivity contribution in [3.05, 3.63) is 17.8 Å². The SMILES string of the molecule is CCCC(=O)Nc1ccnc2c1CC[C@@H]1CNCCN21. The van der Waals surface area contributed by atoms with Crippen LogP contribution in [0.3, 0.4) is 0 Å². The second-order valence-electron chi connectivity index (χ2n) is 5.55. The number of aromatic nitrogens is 1. The van der Waals surface area contributed by atoms with Gasteiger partial charge in [0.2, 0.25) is 5.91 Å². The molecule has 5 nitrogen and oxygen atoms in total. The minimum Gasteiger partial charge on any atom is -0.351 e. The molecule has 5 heteroatoms.